The molecule has 1 aromatic rings. The van der Waals surface area contributed by atoms with Gasteiger partial charge >= 0.3 is 0 Å². The molecule has 0 radical (unpaired) electrons. The summed E-state index contributed by atoms with van der Waals surface area (Å²) >= 11 is 0. The second kappa shape index (κ2) is 4.99. The summed E-state index contributed by atoms with van der Waals surface area (Å²) in [6, 6.07) is 0.295. The highest BCUT2D eigenvalue weighted by Crippen LogP contribution is 2.37. The van der Waals surface area contributed by atoms with Gasteiger partial charge in [-0.1, -0.05) is 20.8 Å². The van der Waals surface area contributed by atoms with Gasteiger partial charge in [0, 0.05) is 12.0 Å². The highest BCUT2D eigenvalue weighted by molar-refractivity contribution is 6.74. The van der Waals surface area contributed by atoms with Crippen molar-refractivity contribution >= 4 is 8.32 Å². The van der Waals surface area contributed by atoms with Crippen LogP contribution in [0.2, 0.25) is 18.1 Å². The van der Waals surface area contributed by atoms with Gasteiger partial charge in [0.15, 0.2) is 8.32 Å². The Morgan fingerprint density at radius 1 is 1.32 bits per heavy atom. The van der Waals surface area contributed by atoms with Crippen LogP contribution in [0.15, 0.2) is 4.42 Å². The van der Waals surface area contributed by atoms with Crippen molar-refractivity contribution in [1.82, 2.24) is 10.2 Å². The first-order valence-corrected chi connectivity index (χ1v) is 9.82. The smallest absolute Gasteiger partial charge is 0.240 e. The minimum absolute atomic E-state index is 0.191. The molecule has 1 aromatic heterocycles. The maximum atomic E-state index is 6.06. The van der Waals surface area contributed by atoms with E-state index in [0.29, 0.717) is 24.5 Å². The molecule has 5 nitrogen and oxygen atoms in total. The van der Waals surface area contributed by atoms with Crippen LogP contribution >= 0.6 is 0 Å². The molecule has 1 fully saturated rings. The molecule has 19 heavy (non-hydrogen) atoms. The summed E-state index contributed by atoms with van der Waals surface area (Å²) in [6.07, 6.45) is 1.90. The van der Waals surface area contributed by atoms with Crippen molar-refractivity contribution in [3.05, 3.63) is 11.8 Å². The standard InChI is InChI=1S/C13H25N3O2Si/c1-13(2,3)19(4,5)17-8-11-15-16-12(18-11)9-6-10(14)7-9/h9-10H,6-8,14H2,1-5H3/t9-,10-. The van der Waals surface area contributed by atoms with Crippen molar-refractivity contribution < 1.29 is 8.84 Å². The van der Waals surface area contributed by atoms with Gasteiger partial charge in [0.05, 0.1) is 0 Å². The van der Waals surface area contributed by atoms with Gasteiger partial charge in [-0.05, 0) is 31.0 Å². The molecule has 2 rings (SSSR count). The van der Waals surface area contributed by atoms with Crippen LogP contribution in [-0.2, 0) is 11.0 Å². The summed E-state index contributed by atoms with van der Waals surface area (Å²) in [5.41, 5.74) is 5.77. The molecular weight excluding hydrogens is 258 g/mol. The summed E-state index contributed by atoms with van der Waals surface area (Å²) in [4.78, 5) is 0. The highest BCUT2D eigenvalue weighted by atomic mass is 28.4. The third-order valence-electron chi connectivity index (χ3n) is 4.37. The number of hydrogen-bond acceptors (Lipinski definition) is 5. The summed E-state index contributed by atoms with van der Waals surface area (Å²) in [5, 5.41) is 8.36. The lowest BCUT2D eigenvalue weighted by Crippen LogP contribution is -2.40. The van der Waals surface area contributed by atoms with Gasteiger partial charge in [0.25, 0.3) is 0 Å². The van der Waals surface area contributed by atoms with Gasteiger partial charge in [0.1, 0.15) is 6.61 Å². The zero-order valence-electron chi connectivity index (χ0n) is 12.6. The van der Waals surface area contributed by atoms with E-state index in [9.17, 15) is 0 Å². The maximum Gasteiger partial charge on any atom is 0.240 e. The van der Waals surface area contributed by atoms with Crippen LogP contribution in [-0.4, -0.2) is 24.6 Å². The molecule has 1 aliphatic carbocycles. The second-order valence-electron chi connectivity index (χ2n) is 7.01. The number of aromatic nitrogens is 2. The molecule has 0 saturated heterocycles. The molecule has 0 spiro atoms. The molecule has 0 aliphatic heterocycles. The topological polar surface area (TPSA) is 74.2 Å². The van der Waals surface area contributed by atoms with E-state index in [4.69, 9.17) is 14.6 Å². The van der Waals surface area contributed by atoms with E-state index >= 15 is 0 Å². The maximum absolute atomic E-state index is 6.06. The van der Waals surface area contributed by atoms with Gasteiger partial charge in [-0.3, -0.25) is 0 Å². The summed E-state index contributed by atoms with van der Waals surface area (Å²) in [6.45, 7) is 11.5. The molecular formula is C13H25N3O2Si. The summed E-state index contributed by atoms with van der Waals surface area (Å²) in [5.74, 6) is 1.65. The molecule has 0 aromatic carbocycles. The molecule has 1 aliphatic rings. The van der Waals surface area contributed by atoms with Crippen molar-refractivity contribution in [2.45, 2.75) is 70.3 Å². The van der Waals surface area contributed by atoms with Gasteiger partial charge in [-0.25, -0.2) is 0 Å². The van der Waals surface area contributed by atoms with Gasteiger partial charge in [0.2, 0.25) is 11.8 Å². The predicted molar refractivity (Wildman–Crippen MR) is 76.2 cm³/mol. The lowest BCUT2D eigenvalue weighted by Gasteiger charge is -2.35. The Hall–Kier alpha value is -0.723. The van der Waals surface area contributed by atoms with Crippen molar-refractivity contribution in [1.29, 1.82) is 0 Å². The van der Waals surface area contributed by atoms with E-state index in [0.717, 1.165) is 18.7 Å². The quantitative estimate of drug-likeness (QED) is 0.860. The van der Waals surface area contributed by atoms with Crippen LogP contribution < -0.4 is 5.73 Å². The molecule has 1 saturated carbocycles. The Kier molecular flexibility index (Phi) is 3.86. The number of rotatable bonds is 4. The fourth-order valence-electron chi connectivity index (χ4n) is 1.81. The predicted octanol–water partition coefficient (Wildman–Crippen LogP) is 2.80. The SMILES string of the molecule is CC(C)(C)[Si](C)(C)OCc1nnc([C@H]2C[C@H](N)C2)o1. The van der Waals surface area contributed by atoms with E-state index in [1.807, 2.05) is 0 Å². The lowest BCUT2D eigenvalue weighted by atomic mass is 9.81. The first-order chi connectivity index (χ1) is 8.69. The van der Waals surface area contributed by atoms with Crippen molar-refractivity contribution in [3.8, 4) is 0 Å². The lowest BCUT2D eigenvalue weighted by molar-refractivity contribution is 0.225. The number of nitrogens with zero attached hydrogens (tertiary/aromatic N) is 2. The summed E-state index contributed by atoms with van der Waals surface area (Å²) in [7, 11) is -1.76. The zero-order chi connectivity index (χ0) is 14.3. The van der Waals surface area contributed by atoms with Crippen LogP contribution in [0.25, 0.3) is 0 Å². The summed E-state index contributed by atoms with van der Waals surface area (Å²) < 4.78 is 11.7. The highest BCUT2D eigenvalue weighted by Gasteiger charge is 2.37. The van der Waals surface area contributed by atoms with E-state index in [2.05, 4.69) is 44.1 Å². The van der Waals surface area contributed by atoms with E-state index in [1.54, 1.807) is 0 Å². The van der Waals surface area contributed by atoms with E-state index in [-0.39, 0.29) is 5.04 Å². The average Bonchev–Trinajstić information content (AvgIpc) is 2.69. The molecule has 108 valence electrons. The first-order valence-electron chi connectivity index (χ1n) is 6.91. The van der Waals surface area contributed by atoms with Gasteiger partial charge in [-0.2, -0.15) is 0 Å². The van der Waals surface area contributed by atoms with E-state index < -0.39 is 8.32 Å². The Morgan fingerprint density at radius 2 is 1.95 bits per heavy atom. The molecule has 2 N–H and O–H groups in total. The van der Waals surface area contributed by atoms with Gasteiger partial charge in [-0.15, -0.1) is 10.2 Å². The Bertz CT molecular complexity index is 433. The molecule has 0 bridgehead atoms. The minimum atomic E-state index is -1.76. The van der Waals surface area contributed by atoms with Crippen LogP contribution in [0, 0.1) is 0 Å². The third-order valence-corrected chi connectivity index (χ3v) is 8.85. The first kappa shape index (κ1) is 14.7. The number of hydrogen-bond donors (Lipinski definition) is 1. The molecule has 1 heterocycles. The molecule has 6 heteroatoms. The normalized spacial score (nSPS) is 24.3. The monoisotopic (exact) mass is 283 g/mol. The Balaban J connectivity index is 1.90. The van der Waals surface area contributed by atoms with Crippen LogP contribution in [0.1, 0.15) is 51.3 Å². The van der Waals surface area contributed by atoms with Crippen LogP contribution in [0.4, 0.5) is 0 Å². The Morgan fingerprint density at radius 3 is 2.47 bits per heavy atom. The Labute approximate surface area is 116 Å². The molecule has 0 unspecified atom stereocenters. The third kappa shape index (κ3) is 3.24. The molecule has 0 atom stereocenters. The van der Waals surface area contributed by atoms with Crippen molar-refractivity contribution in [2.24, 2.45) is 5.73 Å². The average molecular weight is 283 g/mol. The van der Waals surface area contributed by atoms with Crippen LogP contribution in [0.3, 0.4) is 0 Å². The second-order valence-corrected chi connectivity index (χ2v) is 11.8. The molecule has 0 amide bonds. The van der Waals surface area contributed by atoms with Crippen molar-refractivity contribution in [3.63, 3.8) is 0 Å². The van der Waals surface area contributed by atoms with Crippen molar-refractivity contribution in [2.75, 3.05) is 0 Å². The van der Waals surface area contributed by atoms with Gasteiger partial charge < -0.3 is 14.6 Å². The largest absolute Gasteiger partial charge is 0.423 e. The minimum Gasteiger partial charge on any atom is -0.423 e. The van der Waals surface area contributed by atoms with Crippen LogP contribution in [0.5, 0.6) is 0 Å². The fraction of sp³-hybridized carbons (Fsp3) is 0.846. The number of nitrogens with two attached hydrogens (primary N) is 1. The fourth-order valence-corrected chi connectivity index (χ4v) is 2.73. The zero-order valence-corrected chi connectivity index (χ0v) is 13.6. The van der Waals surface area contributed by atoms with E-state index in [1.165, 1.54) is 0 Å².